The molecule has 0 aliphatic carbocycles. The van der Waals surface area contributed by atoms with Gasteiger partial charge in [0.15, 0.2) is 6.29 Å². The summed E-state index contributed by atoms with van der Waals surface area (Å²) in [6, 6.07) is 3.18. The van der Waals surface area contributed by atoms with Crippen molar-refractivity contribution in [3.8, 4) is 11.3 Å². The molecule has 0 fully saturated rings. The molecule has 0 saturated carbocycles. The van der Waals surface area contributed by atoms with E-state index in [4.69, 9.17) is 0 Å². The molecule has 1 heterocycles. The number of aromatic nitrogens is 2. The molecule has 0 spiro atoms. The maximum Gasteiger partial charge on any atom is 0.155 e. The first-order valence-corrected chi connectivity index (χ1v) is 6.74. The summed E-state index contributed by atoms with van der Waals surface area (Å²) >= 11 is 3.31. The van der Waals surface area contributed by atoms with E-state index < -0.39 is 11.6 Å². The maximum absolute atomic E-state index is 13.9. The highest BCUT2D eigenvalue weighted by Crippen LogP contribution is 2.32. The number of nitrogens with zero attached hydrogens (tertiary/aromatic N) is 2. The third-order valence-corrected chi connectivity index (χ3v) is 3.57. The quantitative estimate of drug-likeness (QED) is 0.768. The number of halogens is 3. The molecule has 1 aromatic carbocycles. The lowest BCUT2D eigenvalue weighted by molar-refractivity contribution is 0.112. The second-order valence-corrected chi connectivity index (χ2v) is 6.13. The second-order valence-electron chi connectivity index (χ2n) is 5.38. The molecule has 2 rings (SSSR count). The molecule has 0 saturated heterocycles. The van der Waals surface area contributed by atoms with E-state index in [9.17, 15) is 13.6 Å². The Morgan fingerprint density at radius 1 is 1.30 bits per heavy atom. The lowest BCUT2D eigenvalue weighted by Gasteiger charge is -2.20. The molecule has 0 bridgehead atoms. The van der Waals surface area contributed by atoms with Gasteiger partial charge in [-0.05, 0) is 48.8 Å². The van der Waals surface area contributed by atoms with E-state index in [0.717, 1.165) is 12.1 Å². The van der Waals surface area contributed by atoms with Crippen LogP contribution in [0.3, 0.4) is 0 Å². The normalized spacial score (nSPS) is 11.7. The van der Waals surface area contributed by atoms with Crippen molar-refractivity contribution in [2.75, 3.05) is 0 Å². The Morgan fingerprint density at radius 3 is 2.45 bits per heavy atom. The van der Waals surface area contributed by atoms with Gasteiger partial charge >= 0.3 is 0 Å². The molecule has 0 N–H and O–H groups in total. The minimum absolute atomic E-state index is 0.0946. The number of benzene rings is 1. The van der Waals surface area contributed by atoms with Gasteiger partial charge in [-0.1, -0.05) is 0 Å². The van der Waals surface area contributed by atoms with E-state index in [-0.39, 0.29) is 22.4 Å². The average molecular weight is 343 g/mol. The van der Waals surface area contributed by atoms with Crippen molar-refractivity contribution in [3.05, 3.63) is 40.0 Å². The average Bonchev–Trinajstić information content (AvgIpc) is 2.65. The van der Waals surface area contributed by atoms with Crippen LogP contribution in [0, 0.1) is 11.6 Å². The van der Waals surface area contributed by atoms with Crippen LogP contribution >= 0.6 is 15.9 Å². The van der Waals surface area contributed by atoms with Crippen LogP contribution in [0.15, 0.2) is 22.8 Å². The molecular weight excluding hydrogens is 330 g/mol. The molecule has 0 radical (unpaired) electrons. The van der Waals surface area contributed by atoms with Crippen LogP contribution in [-0.2, 0) is 5.54 Å². The molecule has 6 heteroatoms. The van der Waals surface area contributed by atoms with Crippen molar-refractivity contribution >= 4 is 22.2 Å². The van der Waals surface area contributed by atoms with Crippen LogP contribution in [0.5, 0.6) is 0 Å². The zero-order valence-electron chi connectivity index (χ0n) is 11.2. The predicted octanol–water partition coefficient (Wildman–Crippen LogP) is 4.16. The van der Waals surface area contributed by atoms with E-state index in [0.29, 0.717) is 10.9 Å². The highest BCUT2D eigenvalue weighted by atomic mass is 79.9. The number of rotatable bonds is 2. The summed E-state index contributed by atoms with van der Waals surface area (Å²) in [5, 5.41) is 4.29. The Bertz CT molecular complexity index is 675. The largest absolute Gasteiger partial charge is 0.298 e. The van der Waals surface area contributed by atoms with E-state index >= 15 is 0 Å². The van der Waals surface area contributed by atoms with Gasteiger partial charge in [-0.2, -0.15) is 5.10 Å². The Morgan fingerprint density at radius 2 is 1.95 bits per heavy atom. The summed E-state index contributed by atoms with van der Waals surface area (Å²) < 4.78 is 28.9. The minimum Gasteiger partial charge on any atom is -0.298 e. The van der Waals surface area contributed by atoms with Gasteiger partial charge in [0.1, 0.15) is 21.9 Å². The summed E-state index contributed by atoms with van der Waals surface area (Å²) in [7, 11) is 0. The monoisotopic (exact) mass is 342 g/mol. The fourth-order valence-corrected chi connectivity index (χ4v) is 2.73. The lowest BCUT2D eigenvalue weighted by Crippen LogP contribution is -2.23. The third-order valence-electron chi connectivity index (χ3n) is 2.80. The van der Waals surface area contributed by atoms with E-state index in [2.05, 4.69) is 21.0 Å². The fourth-order valence-electron chi connectivity index (χ4n) is 1.84. The highest BCUT2D eigenvalue weighted by molar-refractivity contribution is 9.10. The molecule has 1 aromatic heterocycles. The standard InChI is InChI=1S/C14H13BrF2N2O/c1-14(2,3)19-13(15)10(7-20)12(18-19)9-5-4-8(16)6-11(9)17/h4-7H,1-3H3. The summed E-state index contributed by atoms with van der Waals surface area (Å²) in [5.74, 6) is -1.42. The first-order chi connectivity index (χ1) is 9.25. The van der Waals surface area contributed by atoms with Crippen molar-refractivity contribution in [1.29, 1.82) is 0 Å². The third kappa shape index (κ3) is 2.52. The first kappa shape index (κ1) is 14.8. The van der Waals surface area contributed by atoms with E-state index in [1.54, 1.807) is 4.68 Å². The SMILES string of the molecule is CC(C)(C)n1nc(-c2ccc(F)cc2F)c(C=O)c1Br. The van der Waals surface area contributed by atoms with Crippen LogP contribution in [0.4, 0.5) is 8.78 Å². The molecule has 0 atom stereocenters. The van der Waals surface area contributed by atoms with Crippen molar-refractivity contribution in [2.24, 2.45) is 0 Å². The van der Waals surface area contributed by atoms with Crippen molar-refractivity contribution in [1.82, 2.24) is 9.78 Å². The summed E-state index contributed by atoms with van der Waals surface area (Å²) in [6.45, 7) is 5.72. The molecular formula is C14H13BrF2N2O. The number of hydrogen-bond donors (Lipinski definition) is 0. The topological polar surface area (TPSA) is 34.9 Å². The Kier molecular flexibility index (Phi) is 3.77. The molecule has 0 aliphatic heterocycles. The van der Waals surface area contributed by atoms with Gasteiger partial charge in [0.25, 0.3) is 0 Å². The zero-order chi connectivity index (χ0) is 15.1. The van der Waals surface area contributed by atoms with Gasteiger partial charge in [-0.3, -0.25) is 9.48 Å². The fraction of sp³-hybridized carbons (Fsp3) is 0.286. The lowest BCUT2D eigenvalue weighted by atomic mass is 10.1. The van der Waals surface area contributed by atoms with Gasteiger partial charge < -0.3 is 0 Å². The zero-order valence-corrected chi connectivity index (χ0v) is 12.8. The summed E-state index contributed by atoms with van der Waals surface area (Å²) in [5.41, 5.74) is 0.146. The van der Waals surface area contributed by atoms with Gasteiger partial charge in [-0.25, -0.2) is 8.78 Å². The molecule has 0 amide bonds. The summed E-state index contributed by atoms with van der Waals surface area (Å²) in [4.78, 5) is 11.3. The van der Waals surface area contributed by atoms with Crippen LogP contribution < -0.4 is 0 Å². The van der Waals surface area contributed by atoms with Gasteiger partial charge in [0.2, 0.25) is 0 Å². The van der Waals surface area contributed by atoms with E-state index in [1.165, 1.54) is 6.07 Å². The predicted molar refractivity (Wildman–Crippen MR) is 75.7 cm³/mol. The molecule has 2 aromatic rings. The van der Waals surface area contributed by atoms with Crippen molar-refractivity contribution in [2.45, 2.75) is 26.3 Å². The molecule has 0 unspecified atom stereocenters. The van der Waals surface area contributed by atoms with Gasteiger partial charge in [-0.15, -0.1) is 0 Å². The molecule has 106 valence electrons. The van der Waals surface area contributed by atoms with Gasteiger partial charge in [0, 0.05) is 11.6 Å². The second kappa shape index (κ2) is 5.09. The maximum atomic E-state index is 13.9. The summed E-state index contributed by atoms with van der Waals surface area (Å²) in [6.07, 6.45) is 0.609. The van der Waals surface area contributed by atoms with Crippen LogP contribution in [0.25, 0.3) is 11.3 Å². The van der Waals surface area contributed by atoms with Crippen molar-refractivity contribution in [3.63, 3.8) is 0 Å². The Labute approximate surface area is 123 Å². The minimum atomic E-state index is -0.751. The van der Waals surface area contributed by atoms with Crippen LogP contribution in [-0.4, -0.2) is 16.1 Å². The molecule has 0 aliphatic rings. The first-order valence-electron chi connectivity index (χ1n) is 5.95. The van der Waals surface area contributed by atoms with Crippen LogP contribution in [0.2, 0.25) is 0 Å². The Balaban J connectivity index is 2.71. The highest BCUT2D eigenvalue weighted by Gasteiger charge is 2.25. The smallest absolute Gasteiger partial charge is 0.155 e. The van der Waals surface area contributed by atoms with Gasteiger partial charge in [0.05, 0.1) is 11.1 Å². The van der Waals surface area contributed by atoms with Crippen LogP contribution in [0.1, 0.15) is 31.1 Å². The number of carbonyl (C=O) groups is 1. The molecule has 20 heavy (non-hydrogen) atoms. The molecule has 3 nitrogen and oxygen atoms in total. The number of hydrogen-bond acceptors (Lipinski definition) is 2. The number of carbonyl (C=O) groups excluding carboxylic acids is 1. The van der Waals surface area contributed by atoms with Crippen molar-refractivity contribution < 1.29 is 13.6 Å². The Hall–Kier alpha value is -1.56. The number of aldehydes is 1. The van der Waals surface area contributed by atoms with E-state index in [1.807, 2.05) is 20.8 Å².